The van der Waals surface area contributed by atoms with E-state index >= 15 is 0 Å². The molecular weight excluding hydrogens is 276 g/mol. The number of piperidine rings is 1. The van der Waals surface area contributed by atoms with Crippen LogP contribution in [-0.4, -0.2) is 38.4 Å². The number of aromatic nitrogens is 2. The summed E-state index contributed by atoms with van der Waals surface area (Å²) in [6.07, 6.45) is 1.56. The molecule has 0 amide bonds. The maximum absolute atomic E-state index is 11.7. The highest BCUT2D eigenvalue weighted by molar-refractivity contribution is 5.81. The highest BCUT2D eigenvalue weighted by atomic mass is 16.6. The maximum atomic E-state index is 11.7. The number of hydrogen-bond acceptors (Lipinski definition) is 5. The van der Waals surface area contributed by atoms with Crippen LogP contribution in [0.4, 0.5) is 11.5 Å². The number of carboxylic acid groups (broad SMARTS) is 1. The van der Waals surface area contributed by atoms with E-state index in [2.05, 4.69) is 5.10 Å². The summed E-state index contributed by atoms with van der Waals surface area (Å²) in [6, 6.07) is -0.806. The molecule has 1 atom stereocenters. The number of nitro groups is 1. The van der Waals surface area contributed by atoms with E-state index in [1.54, 1.807) is 18.9 Å². The summed E-state index contributed by atoms with van der Waals surface area (Å²) in [7, 11) is 1.61. The highest BCUT2D eigenvalue weighted by Gasteiger charge is 2.46. The van der Waals surface area contributed by atoms with Crippen molar-refractivity contribution in [3.63, 3.8) is 0 Å². The molecule has 1 saturated heterocycles. The fourth-order valence-corrected chi connectivity index (χ4v) is 3.26. The van der Waals surface area contributed by atoms with Crippen LogP contribution in [0, 0.1) is 22.5 Å². The lowest BCUT2D eigenvalue weighted by molar-refractivity contribution is -0.384. The Bertz CT molecular complexity index is 593. The molecule has 21 heavy (non-hydrogen) atoms. The number of carboxylic acids is 1. The summed E-state index contributed by atoms with van der Waals surface area (Å²) < 4.78 is 1.41. The molecule has 1 aliphatic rings. The summed E-state index contributed by atoms with van der Waals surface area (Å²) >= 11 is 0. The third-order valence-electron chi connectivity index (χ3n) is 4.12. The van der Waals surface area contributed by atoms with E-state index < -0.39 is 22.3 Å². The maximum Gasteiger partial charge on any atom is 0.333 e. The van der Waals surface area contributed by atoms with Gasteiger partial charge in [-0.05, 0) is 25.2 Å². The van der Waals surface area contributed by atoms with Crippen LogP contribution in [0.2, 0.25) is 0 Å². The number of rotatable bonds is 3. The zero-order chi connectivity index (χ0) is 15.9. The van der Waals surface area contributed by atoms with Gasteiger partial charge < -0.3 is 10.0 Å². The molecule has 0 aromatic carbocycles. The molecule has 0 bridgehead atoms. The van der Waals surface area contributed by atoms with Crippen molar-refractivity contribution >= 4 is 17.5 Å². The predicted molar refractivity (Wildman–Crippen MR) is 76.4 cm³/mol. The van der Waals surface area contributed by atoms with Crippen LogP contribution in [0.15, 0.2) is 0 Å². The fraction of sp³-hybridized carbons (Fsp3) is 0.692. The standard InChI is InChI=1S/C13H20N4O4/c1-8-9(17(20)21)11(15(4)14-8)16-7-5-6-13(2,3)10(16)12(18)19/h10H,5-7H2,1-4H3,(H,18,19). The lowest BCUT2D eigenvalue weighted by Crippen LogP contribution is -2.55. The van der Waals surface area contributed by atoms with Crippen molar-refractivity contribution in [1.82, 2.24) is 9.78 Å². The van der Waals surface area contributed by atoms with Crippen molar-refractivity contribution in [3.05, 3.63) is 15.8 Å². The number of anilines is 1. The van der Waals surface area contributed by atoms with Crippen molar-refractivity contribution in [2.24, 2.45) is 12.5 Å². The Labute approximate surface area is 122 Å². The van der Waals surface area contributed by atoms with Crippen LogP contribution in [0.3, 0.4) is 0 Å². The molecule has 0 spiro atoms. The molecule has 1 fully saturated rings. The summed E-state index contributed by atoms with van der Waals surface area (Å²) in [5.74, 6) is -0.689. The van der Waals surface area contributed by atoms with Gasteiger partial charge in [-0.3, -0.25) is 10.1 Å². The zero-order valence-electron chi connectivity index (χ0n) is 12.7. The molecular formula is C13H20N4O4. The summed E-state index contributed by atoms with van der Waals surface area (Å²) in [6.45, 7) is 5.80. The predicted octanol–water partition coefficient (Wildman–Crippen LogP) is 1.72. The molecule has 1 N–H and O–H groups in total. The van der Waals surface area contributed by atoms with Crippen molar-refractivity contribution in [3.8, 4) is 0 Å². The molecule has 2 heterocycles. The van der Waals surface area contributed by atoms with Gasteiger partial charge >= 0.3 is 11.7 Å². The smallest absolute Gasteiger partial charge is 0.333 e. The van der Waals surface area contributed by atoms with Gasteiger partial charge in [0.1, 0.15) is 11.7 Å². The van der Waals surface area contributed by atoms with Gasteiger partial charge in [-0.1, -0.05) is 13.8 Å². The molecule has 1 aromatic heterocycles. The quantitative estimate of drug-likeness (QED) is 0.673. The molecule has 8 heteroatoms. The van der Waals surface area contributed by atoms with E-state index in [-0.39, 0.29) is 11.5 Å². The van der Waals surface area contributed by atoms with Gasteiger partial charge in [0.15, 0.2) is 0 Å². The highest BCUT2D eigenvalue weighted by Crippen LogP contribution is 2.41. The van der Waals surface area contributed by atoms with E-state index in [9.17, 15) is 20.0 Å². The second-order valence-corrected chi connectivity index (χ2v) is 6.16. The molecule has 1 aliphatic heterocycles. The Hall–Kier alpha value is -2.12. The Morgan fingerprint density at radius 3 is 2.67 bits per heavy atom. The van der Waals surface area contributed by atoms with Gasteiger partial charge in [-0.2, -0.15) is 5.10 Å². The first-order valence-electron chi connectivity index (χ1n) is 6.84. The molecule has 0 aliphatic carbocycles. The summed E-state index contributed by atoms with van der Waals surface area (Å²) in [5, 5.41) is 25.0. The third-order valence-corrected chi connectivity index (χ3v) is 4.12. The van der Waals surface area contributed by atoms with Crippen LogP contribution in [0.5, 0.6) is 0 Å². The Kier molecular flexibility index (Phi) is 3.65. The summed E-state index contributed by atoms with van der Waals surface area (Å²) in [5.41, 5.74) is -0.276. The van der Waals surface area contributed by atoms with Crippen LogP contribution in [0.25, 0.3) is 0 Å². The second-order valence-electron chi connectivity index (χ2n) is 6.16. The number of carbonyl (C=O) groups is 1. The topological polar surface area (TPSA) is 102 Å². The monoisotopic (exact) mass is 296 g/mol. The van der Waals surface area contributed by atoms with Gasteiger partial charge in [-0.15, -0.1) is 0 Å². The molecule has 116 valence electrons. The number of nitrogens with zero attached hydrogens (tertiary/aromatic N) is 4. The van der Waals surface area contributed by atoms with Crippen molar-refractivity contribution in [2.45, 2.75) is 39.7 Å². The van der Waals surface area contributed by atoms with Crippen LogP contribution in [-0.2, 0) is 11.8 Å². The van der Waals surface area contributed by atoms with E-state index in [1.165, 1.54) is 4.68 Å². The van der Waals surface area contributed by atoms with Gasteiger partial charge in [0.25, 0.3) is 0 Å². The minimum Gasteiger partial charge on any atom is -0.480 e. The van der Waals surface area contributed by atoms with E-state index in [0.29, 0.717) is 12.2 Å². The summed E-state index contributed by atoms with van der Waals surface area (Å²) in [4.78, 5) is 24.2. The zero-order valence-corrected chi connectivity index (χ0v) is 12.7. The van der Waals surface area contributed by atoms with Crippen molar-refractivity contribution < 1.29 is 14.8 Å². The van der Waals surface area contributed by atoms with E-state index in [0.717, 1.165) is 12.8 Å². The number of aryl methyl sites for hydroxylation is 2. The second kappa shape index (κ2) is 5.01. The minimum atomic E-state index is -0.965. The van der Waals surface area contributed by atoms with Gasteiger partial charge in [0, 0.05) is 13.6 Å². The fourth-order valence-electron chi connectivity index (χ4n) is 3.26. The van der Waals surface area contributed by atoms with Crippen LogP contribution in [0.1, 0.15) is 32.4 Å². The average Bonchev–Trinajstić information content (AvgIpc) is 2.61. The molecule has 8 nitrogen and oxygen atoms in total. The Balaban J connectivity index is 2.59. The van der Waals surface area contributed by atoms with Crippen molar-refractivity contribution in [1.29, 1.82) is 0 Å². The van der Waals surface area contributed by atoms with Crippen molar-refractivity contribution in [2.75, 3.05) is 11.4 Å². The van der Waals surface area contributed by atoms with Gasteiger partial charge in [-0.25, -0.2) is 9.48 Å². The van der Waals surface area contributed by atoms with Gasteiger partial charge in [0.05, 0.1) is 4.92 Å². The Morgan fingerprint density at radius 2 is 2.14 bits per heavy atom. The largest absolute Gasteiger partial charge is 0.480 e. The first-order chi connectivity index (χ1) is 9.66. The molecule has 0 saturated carbocycles. The Morgan fingerprint density at radius 1 is 1.52 bits per heavy atom. The number of hydrogen-bond donors (Lipinski definition) is 1. The SMILES string of the molecule is Cc1nn(C)c(N2CCCC(C)(C)C2C(=O)O)c1[N+](=O)[O-]. The third kappa shape index (κ3) is 2.45. The molecule has 1 aromatic rings. The lowest BCUT2D eigenvalue weighted by atomic mass is 9.76. The number of aliphatic carboxylic acids is 1. The normalized spacial score (nSPS) is 21.3. The first kappa shape index (κ1) is 15.3. The average molecular weight is 296 g/mol. The van der Waals surface area contributed by atoms with E-state index in [4.69, 9.17) is 0 Å². The van der Waals surface area contributed by atoms with Gasteiger partial charge in [0.2, 0.25) is 5.82 Å². The van der Waals surface area contributed by atoms with E-state index in [1.807, 2.05) is 13.8 Å². The molecule has 0 radical (unpaired) electrons. The van der Waals surface area contributed by atoms with Crippen LogP contribution < -0.4 is 4.90 Å². The molecule has 1 unspecified atom stereocenters. The molecule has 2 rings (SSSR count). The first-order valence-corrected chi connectivity index (χ1v) is 6.84. The van der Waals surface area contributed by atoms with Crippen LogP contribution >= 0.6 is 0 Å². The minimum absolute atomic E-state index is 0.110. The lowest BCUT2D eigenvalue weighted by Gasteiger charge is -2.44.